The van der Waals surface area contributed by atoms with E-state index in [-0.39, 0.29) is 0 Å². The van der Waals surface area contributed by atoms with E-state index in [4.69, 9.17) is 4.42 Å². The predicted octanol–water partition coefficient (Wildman–Crippen LogP) is 4.72. The SMILES string of the molecule is Cc1cc(/C=C(/C#N)c2cccc(Br)c2)c(C)o1. The van der Waals surface area contributed by atoms with E-state index in [1.165, 1.54) is 0 Å². The molecule has 1 aromatic carbocycles. The lowest BCUT2D eigenvalue weighted by Gasteiger charge is -1.99. The molecule has 0 saturated heterocycles. The van der Waals surface area contributed by atoms with Gasteiger partial charge in [-0.1, -0.05) is 28.1 Å². The van der Waals surface area contributed by atoms with Crippen molar-refractivity contribution in [3.63, 3.8) is 0 Å². The lowest BCUT2D eigenvalue weighted by atomic mass is 10.0. The molecule has 3 heteroatoms. The van der Waals surface area contributed by atoms with Gasteiger partial charge in [-0.15, -0.1) is 0 Å². The second-order valence-electron chi connectivity index (χ2n) is 4.05. The van der Waals surface area contributed by atoms with E-state index in [0.29, 0.717) is 5.57 Å². The topological polar surface area (TPSA) is 36.9 Å². The Morgan fingerprint density at radius 1 is 1.33 bits per heavy atom. The van der Waals surface area contributed by atoms with Gasteiger partial charge in [0.1, 0.15) is 11.5 Å². The molecule has 18 heavy (non-hydrogen) atoms. The van der Waals surface area contributed by atoms with Gasteiger partial charge >= 0.3 is 0 Å². The van der Waals surface area contributed by atoms with Crippen LogP contribution in [0.4, 0.5) is 0 Å². The zero-order valence-corrected chi connectivity index (χ0v) is 11.8. The minimum atomic E-state index is 0.625. The molecule has 0 aliphatic rings. The van der Waals surface area contributed by atoms with Crippen LogP contribution in [0.25, 0.3) is 11.6 Å². The van der Waals surface area contributed by atoms with Crippen molar-refractivity contribution in [3.8, 4) is 6.07 Å². The first kappa shape index (κ1) is 12.7. The maximum absolute atomic E-state index is 9.27. The van der Waals surface area contributed by atoms with Crippen LogP contribution < -0.4 is 0 Å². The normalized spacial score (nSPS) is 11.3. The average Bonchev–Trinajstić information content (AvgIpc) is 2.64. The summed E-state index contributed by atoms with van der Waals surface area (Å²) in [6.07, 6.45) is 1.85. The molecular formula is C15H12BrNO. The quantitative estimate of drug-likeness (QED) is 0.752. The Kier molecular flexibility index (Phi) is 3.69. The fraction of sp³-hybridized carbons (Fsp3) is 0.133. The van der Waals surface area contributed by atoms with Gasteiger partial charge < -0.3 is 4.42 Å². The first-order valence-electron chi connectivity index (χ1n) is 5.55. The molecule has 1 aromatic heterocycles. The summed E-state index contributed by atoms with van der Waals surface area (Å²) in [6.45, 7) is 3.80. The van der Waals surface area contributed by atoms with Crippen LogP contribution in [0.1, 0.15) is 22.6 Å². The van der Waals surface area contributed by atoms with Gasteiger partial charge in [-0.3, -0.25) is 0 Å². The van der Waals surface area contributed by atoms with Crippen molar-refractivity contribution in [1.82, 2.24) is 0 Å². The van der Waals surface area contributed by atoms with E-state index in [1.54, 1.807) is 0 Å². The smallest absolute Gasteiger partial charge is 0.108 e. The molecule has 0 aliphatic carbocycles. The standard InChI is InChI=1S/C15H12BrNO/c1-10-6-13(11(2)18-10)7-14(9-17)12-4-3-5-15(16)8-12/h3-8H,1-2H3/b14-7-. The highest BCUT2D eigenvalue weighted by atomic mass is 79.9. The van der Waals surface area contributed by atoms with Gasteiger partial charge in [0.25, 0.3) is 0 Å². The minimum Gasteiger partial charge on any atom is -0.466 e. The van der Waals surface area contributed by atoms with Crippen molar-refractivity contribution in [1.29, 1.82) is 5.26 Å². The molecule has 0 spiro atoms. The zero-order valence-electron chi connectivity index (χ0n) is 10.2. The Balaban J connectivity index is 2.47. The van der Waals surface area contributed by atoms with Gasteiger partial charge in [0, 0.05) is 10.0 Å². The third kappa shape index (κ3) is 2.72. The van der Waals surface area contributed by atoms with Crippen molar-refractivity contribution >= 4 is 27.6 Å². The molecular weight excluding hydrogens is 290 g/mol. The Labute approximate surface area is 115 Å². The second-order valence-corrected chi connectivity index (χ2v) is 4.96. The summed E-state index contributed by atoms with van der Waals surface area (Å²) in [7, 11) is 0. The van der Waals surface area contributed by atoms with Crippen LogP contribution in [0.5, 0.6) is 0 Å². The van der Waals surface area contributed by atoms with E-state index in [0.717, 1.165) is 27.1 Å². The Bertz CT molecular complexity index is 647. The number of allylic oxidation sites excluding steroid dienone is 1. The number of nitriles is 1. The first-order chi connectivity index (χ1) is 8.60. The second kappa shape index (κ2) is 5.24. The van der Waals surface area contributed by atoms with Crippen LogP contribution >= 0.6 is 15.9 Å². The molecule has 90 valence electrons. The van der Waals surface area contributed by atoms with Gasteiger partial charge in [0.2, 0.25) is 0 Å². The Morgan fingerprint density at radius 3 is 2.67 bits per heavy atom. The molecule has 2 aromatic rings. The first-order valence-corrected chi connectivity index (χ1v) is 6.34. The van der Waals surface area contributed by atoms with Crippen molar-refractivity contribution < 1.29 is 4.42 Å². The van der Waals surface area contributed by atoms with E-state index in [1.807, 2.05) is 50.3 Å². The van der Waals surface area contributed by atoms with Crippen LogP contribution in [0.15, 0.2) is 39.2 Å². The molecule has 0 fully saturated rings. The van der Waals surface area contributed by atoms with Crippen molar-refractivity contribution in [2.75, 3.05) is 0 Å². The number of furan rings is 1. The summed E-state index contributed by atoms with van der Waals surface area (Å²) in [5, 5.41) is 9.27. The number of aryl methyl sites for hydroxylation is 2. The van der Waals surface area contributed by atoms with Crippen LogP contribution in [0.3, 0.4) is 0 Å². The van der Waals surface area contributed by atoms with Crippen LogP contribution in [-0.2, 0) is 0 Å². The highest BCUT2D eigenvalue weighted by Crippen LogP contribution is 2.23. The molecule has 0 amide bonds. The maximum Gasteiger partial charge on any atom is 0.108 e. The summed E-state index contributed by atoms with van der Waals surface area (Å²) < 4.78 is 6.42. The monoisotopic (exact) mass is 301 g/mol. The number of nitrogens with zero attached hydrogens (tertiary/aromatic N) is 1. The summed E-state index contributed by atoms with van der Waals surface area (Å²) in [6, 6.07) is 11.9. The molecule has 0 bridgehead atoms. The molecule has 0 atom stereocenters. The summed E-state index contributed by atoms with van der Waals surface area (Å²) in [4.78, 5) is 0. The molecule has 0 radical (unpaired) electrons. The third-order valence-corrected chi connectivity index (χ3v) is 3.13. The number of rotatable bonds is 2. The van der Waals surface area contributed by atoms with E-state index >= 15 is 0 Å². The number of hydrogen-bond donors (Lipinski definition) is 0. The van der Waals surface area contributed by atoms with Crippen molar-refractivity contribution in [2.45, 2.75) is 13.8 Å². The van der Waals surface area contributed by atoms with E-state index in [9.17, 15) is 5.26 Å². The number of benzene rings is 1. The summed E-state index contributed by atoms with van der Waals surface area (Å²) in [5.74, 6) is 1.68. The molecule has 0 saturated carbocycles. The van der Waals surface area contributed by atoms with Gasteiger partial charge in [-0.25, -0.2) is 0 Å². The van der Waals surface area contributed by atoms with Crippen molar-refractivity contribution in [3.05, 3.63) is 57.5 Å². The molecule has 0 N–H and O–H groups in total. The third-order valence-electron chi connectivity index (χ3n) is 2.64. The number of halogens is 1. The van der Waals surface area contributed by atoms with Crippen LogP contribution in [0, 0.1) is 25.2 Å². The van der Waals surface area contributed by atoms with Gasteiger partial charge in [0.15, 0.2) is 0 Å². The predicted molar refractivity (Wildman–Crippen MR) is 75.8 cm³/mol. The average molecular weight is 302 g/mol. The summed E-state index contributed by atoms with van der Waals surface area (Å²) >= 11 is 3.41. The Morgan fingerprint density at radius 2 is 2.11 bits per heavy atom. The highest BCUT2D eigenvalue weighted by Gasteiger charge is 2.06. The van der Waals surface area contributed by atoms with Crippen molar-refractivity contribution in [2.24, 2.45) is 0 Å². The molecule has 2 nitrogen and oxygen atoms in total. The molecule has 1 heterocycles. The van der Waals surface area contributed by atoms with Crippen LogP contribution in [0.2, 0.25) is 0 Å². The van der Waals surface area contributed by atoms with Gasteiger partial charge in [-0.2, -0.15) is 5.26 Å². The fourth-order valence-corrected chi connectivity index (χ4v) is 2.18. The summed E-state index contributed by atoms with van der Waals surface area (Å²) in [5.41, 5.74) is 2.47. The van der Waals surface area contributed by atoms with E-state index < -0.39 is 0 Å². The van der Waals surface area contributed by atoms with Gasteiger partial charge in [0.05, 0.1) is 11.6 Å². The maximum atomic E-state index is 9.27. The minimum absolute atomic E-state index is 0.625. The highest BCUT2D eigenvalue weighted by molar-refractivity contribution is 9.10. The fourth-order valence-electron chi connectivity index (χ4n) is 1.79. The van der Waals surface area contributed by atoms with Crippen LogP contribution in [-0.4, -0.2) is 0 Å². The largest absolute Gasteiger partial charge is 0.466 e. The lowest BCUT2D eigenvalue weighted by Crippen LogP contribution is -1.82. The number of hydrogen-bond acceptors (Lipinski definition) is 2. The molecule has 2 rings (SSSR count). The molecule has 0 aliphatic heterocycles. The zero-order chi connectivity index (χ0) is 13.1. The lowest BCUT2D eigenvalue weighted by molar-refractivity contribution is 0.504. The van der Waals surface area contributed by atoms with Gasteiger partial charge in [-0.05, 0) is 43.7 Å². The molecule has 0 unspecified atom stereocenters. The Hall–Kier alpha value is -1.79. The van der Waals surface area contributed by atoms with E-state index in [2.05, 4.69) is 22.0 Å².